The van der Waals surface area contributed by atoms with Crippen LogP contribution in [0, 0.1) is 5.92 Å². The number of sulfonamides is 1. The zero-order chi connectivity index (χ0) is 21.4. The first kappa shape index (κ1) is 23.0. The van der Waals surface area contributed by atoms with Gasteiger partial charge in [0.05, 0.1) is 11.5 Å². The SMILES string of the molecule is CC(C)COC(=O)OC(C)c1ccc(S(=O)(=O)NC(=O)NC2CCCCC2)cc1. The molecule has 2 rings (SSSR count). The van der Waals surface area contributed by atoms with Crippen molar-refractivity contribution in [3.8, 4) is 0 Å². The fourth-order valence-electron chi connectivity index (χ4n) is 3.04. The Bertz CT molecular complexity index is 786. The topological polar surface area (TPSA) is 111 Å². The summed E-state index contributed by atoms with van der Waals surface area (Å²) in [6.45, 7) is 5.76. The molecule has 1 aromatic carbocycles. The van der Waals surface area contributed by atoms with Gasteiger partial charge in [0.2, 0.25) is 0 Å². The monoisotopic (exact) mass is 426 g/mol. The van der Waals surface area contributed by atoms with Gasteiger partial charge in [-0.1, -0.05) is 45.2 Å². The van der Waals surface area contributed by atoms with E-state index in [1.54, 1.807) is 6.92 Å². The molecule has 0 aliphatic heterocycles. The van der Waals surface area contributed by atoms with Crippen molar-refractivity contribution >= 4 is 22.2 Å². The molecule has 29 heavy (non-hydrogen) atoms. The summed E-state index contributed by atoms with van der Waals surface area (Å²) >= 11 is 0. The highest BCUT2D eigenvalue weighted by molar-refractivity contribution is 7.90. The number of hydrogen-bond acceptors (Lipinski definition) is 6. The second-order valence-corrected chi connectivity index (χ2v) is 9.38. The Kier molecular flexibility index (Phi) is 8.31. The van der Waals surface area contributed by atoms with Gasteiger partial charge in [-0.2, -0.15) is 0 Å². The molecule has 1 fully saturated rings. The third kappa shape index (κ3) is 7.56. The van der Waals surface area contributed by atoms with Crippen LogP contribution in [0.25, 0.3) is 0 Å². The Hall–Kier alpha value is -2.29. The summed E-state index contributed by atoms with van der Waals surface area (Å²) in [5.41, 5.74) is 0.608. The van der Waals surface area contributed by atoms with Gasteiger partial charge in [0, 0.05) is 6.04 Å². The lowest BCUT2D eigenvalue weighted by molar-refractivity contribution is 0.0224. The van der Waals surface area contributed by atoms with Gasteiger partial charge >= 0.3 is 12.2 Å². The molecule has 2 amide bonds. The number of amides is 2. The minimum Gasteiger partial charge on any atom is -0.434 e. The summed E-state index contributed by atoms with van der Waals surface area (Å²) in [4.78, 5) is 23.6. The largest absolute Gasteiger partial charge is 0.508 e. The normalized spacial score (nSPS) is 16.1. The molecular weight excluding hydrogens is 396 g/mol. The molecule has 0 aromatic heterocycles. The zero-order valence-electron chi connectivity index (χ0n) is 17.1. The summed E-state index contributed by atoms with van der Waals surface area (Å²) in [5.74, 6) is 0.199. The molecule has 0 saturated heterocycles. The van der Waals surface area contributed by atoms with Crippen molar-refractivity contribution in [3.05, 3.63) is 29.8 Å². The molecule has 1 aromatic rings. The number of carbonyl (C=O) groups is 2. The van der Waals surface area contributed by atoms with Crippen molar-refractivity contribution in [2.45, 2.75) is 69.9 Å². The van der Waals surface area contributed by atoms with Crippen LogP contribution >= 0.6 is 0 Å². The van der Waals surface area contributed by atoms with E-state index < -0.39 is 28.3 Å². The van der Waals surface area contributed by atoms with Crippen LogP contribution in [-0.2, 0) is 19.5 Å². The molecule has 1 aliphatic carbocycles. The van der Waals surface area contributed by atoms with Crippen LogP contribution < -0.4 is 10.0 Å². The standard InChI is InChI=1S/C20H30N2O6S/c1-14(2)13-27-20(24)28-15(3)16-9-11-18(12-10-16)29(25,26)22-19(23)21-17-7-5-4-6-8-17/h9-12,14-15,17H,4-8,13H2,1-3H3,(H2,21,22,23). The van der Waals surface area contributed by atoms with E-state index in [0.717, 1.165) is 32.1 Å². The lowest BCUT2D eigenvalue weighted by atomic mass is 9.96. The Labute approximate surface area is 172 Å². The van der Waals surface area contributed by atoms with Crippen molar-refractivity contribution in [1.29, 1.82) is 0 Å². The first-order valence-electron chi connectivity index (χ1n) is 9.94. The first-order chi connectivity index (χ1) is 13.7. The smallest absolute Gasteiger partial charge is 0.434 e. The maximum absolute atomic E-state index is 12.4. The fraction of sp³-hybridized carbons (Fsp3) is 0.600. The van der Waals surface area contributed by atoms with E-state index in [2.05, 4.69) is 5.32 Å². The zero-order valence-corrected chi connectivity index (χ0v) is 18.0. The molecule has 1 unspecified atom stereocenters. The van der Waals surface area contributed by atoms with Crippen molar-refractivity contribution in [3.63, 3.8) is 0 Å². The van der Waals surface area contributed by atoms with Gasteiger partial charge in [0.1, 0.15) is 6.10 Å². The summed E-state index contributed by atoms with van der Waals surface area (Å²) in [7, 11) is -3.99. The number of benzene rings is 1. The fourth-order valence-corrected chi connectivity index (χ4v) is 3.96. The highest BCUT2D eigenvalue weighted by Gasteiger charge is 2.22. The number of carbonyl (C=O) groups excluding carboxylic acids is 2. The number of rotatable bonds is 7. The maximum Gasteiger partial charge on any atom is 0.508 e. The van der Waals surface area contributed by atoms with E-state index in [-0.39, 0.29) is 23.5 Å². The molecule has 8 nitrogen and oxygen atoms in total. The lowest BCUT2D eigenvalue weighted by Crippen LogP contribution is -2.45. The summed E-state index contributed by atoms with van der Waals surface area (Å²) in [6, 6.07) is 5.10. The van der Waals surface area contributed by atoms with Crippen molar-refractivity contribution in [2.24, 2.45) is 5.92 Å². The highest BCUT2D eigenvalue weighted by atomic mass is 32.2. The maximum atomic E-state index is 12.4. The predicted molar refractivity (Wildman–Crippen MR) is 108 cm³/mol. The Morgan fingerprint density at radius 3 is 2.28 bits per heavy atom. The second kappa shape index (κ2) is 10.5. The Morgan fingerprint density at radius 1 is 1.07 bits per heavy atom. The molecule has 0 spiro atoms. The van der Waals surface area contributed by atoms with Gasteiger partial charge in [0.15, 0.2) is 0 Å². The first-order valence-corrected chi connectivity index (χ1v) is 11.4. The molecule has 9 heteroatoms. The minimum absolute atomic E-state index is 0.00905. The number of hydrogen-bond donors (Lipinski definition) is 2. The van der Waals surface area contributed by atoms with E-state index in [1.165, 1.54) is 24.3 Å². The molecule has 2 N–H and O–H groups in total. The second-order valence-electron chi connectivity index (χ2n) is 7.70. The van der Waals surface area contributed by atoms with Crippen LogP contribution in [0.4, 0.5) is 9.59 Å². The predicted octanol–water partition coefficient (Wildman–Crippen LogP) is 3.88. The van der Waals surface area contributed by atoms with Crippen LogP contribution in [0.2, 0.25) is 0 Å². The van der Waals surface area contributed by atoms with Crippen molar-refractivity contribution in [2.75, 3.05) is 6.61 Å². The quantitative estimate of drug-likeness (QED) is 0.640. The lowest BCUT2D eigenvalue weighted by Gasteiger charge is -2.22. The summed E-state index contributed by atoms with van der Waals surface area (Å²) < 4.78 is 37.0. The van der Waals surface area contributed by atoms with Gasteiger partial charge in [-0.05, 0) is 43.4 Å². The van der Waals surface area contributed by atoms with Gasteiger partial charge < -0.3 is 14.8 Å². The molecule has 0 bridgehead atoms. The molecule has 162 valence electrons. The van der Waals surface area contributed by atoms with E-state index in [0.29, 0.717) is 5.56 Å². The molecular formula is C20H30N2O6S. The van der Waals surface area contributed by atoms with Crippen LogP contribution in [0.1, 0.15) is 64.5 Å². The molecule has 0 heterocycles. The van der Waals surface area contributed by atoms with Crippen LogP contribution in [0.3, 0.4) is 0 Å². The average molecular weight is 427 g/mol. The Morgan fingerprint density at radius 2 is 1.69 bits per heavy atom. The molecule has 0 radical (unpaired) electrons. The van der Waals surface area contributed by atoms with Crippen molar-refractivity contribution in [1.82, 2.24) is 10.0 Å². The summed E-state index contributed by atoms with van der Waals surface area (Å²) in [5, 5.41) is 2.72. The van der Waals surface area contributed by atoms with Crippen LogP contribution in [-0.4, -0.2) is 33.3 Å². The van der Waals surface area contributed by atoms with Gasteiger partial charge in [0.25, 0.3) is 10.0 Å². The number of urea groups is 1. The average Bonchev–Trinajstić information content (AvgIpc) is 2.66. The molecule has 1 atom stereocenters. The number of nitrogens with one attached hydrogen (secondary N) is 2. The van der Waals surface area contributed by atoms with E-state index in [9.17, 15) is 18.0 Å². The third-order valence-electron chi connectivity index (χ3n) is 4.63. The van der Waals surface area contributed by atoms with Crippen LogP contribution in [0.15, 0.2) is 29.2 Å². The Balaban J connectivity index is 1.91. The minimum atomic E-state index is -3.99. The van der Waals surface area contributed by atoms with E-state index >= 15 is 0 Å². The molecule has 1 saturated carbocycles. The van der Waals surface area contributed by atoms with Crippen molar-refractivity contribution < 1.29 is 27.5 Å². The summed E-state index contributed by atoms with van der Waals surface area (Å²) in [6.07, 6.45) is 3.55. The van der Waals surface area contributed by atoms with E-state index in [1.807, 2.05) is 18.6 Å². The third-order valence-corrected chi connectivity index (χ3v) is 5.98. The van der Waals surface area contributed by atoms with Crippen LogP contribution in [0.5, 0.6) is 0 Å². The van der Waals surface area contributed by atoms with Gasteiger partial charge in [-0.25, -0.2) is 22.7 Å². The van der Waals surface area contributed by atoms with Gasteiger partial charge in [-0.3, -0.25) is 0 Å². The highest BCUT2D eigenvalue weighted by Crippen LogP contribution is 2.20. The molecule has 1 aliphatic rings. The van der Waals surface area contributed by atoms with E-state index in [4.69, 9.17) is 9.47 Å². The van der Waals surface area contributed by atoms with Gasteiger partial charge in [-0.15, -0.1) is 0 Å². The number of ether oxygens (including phenoxy) is 2.